The van der Waals surface area contributed by atoms with Crippen molar-refractivity contribution in [1.82, 2.24) is 4.90 Å². The molecule has 1 aromatic rings. The first-order chi connectivity index (χ1) is 11.7. The first-order valence-electron chi connectivity index (χ1n) is 8.77. The number of amides is 2. The lowest BCUT2D eigenvalue weighted by atomic mass is 9.92. The second kappa shape index (κ2) is 6.65. The Balaban J connectivity index is 1.62. The molecule has 0 bridgehead atoms. The molecule has 1 aliphatic heterocycles. The molecule has 1 saturated heterocycles. The molecule has 2 fully saturated rings. The largest absolute Gasteiger partial charge is 0.444 e. The van der Waals surface area contributed by atoms with Crippen molar-refractivity contribution in [3.63, 3.8) is 0 Å². The van der Waals surface area contributed by atoms with Gasteiger partial charge < -0.3 is 15.0 Å². The number of nitrogens with zero attached hydrogens (tertiary/aromatic N) is 1. The Morgan fingerprint density at radius 3 is 2.68 bits per heavy atom. The summed E-state index contributed by atoms with van der Waals surface area (Å²) in [5.41, 5.74) is -0.0569. The van der Waals surface area contributed by atoms with Crippen molar-refractivity contribution in [3.05, 3.63) is 30.1 Å². The van der Waals surface area contributed by atoms with Crippen LogP contribution in [0.2, 0.25) is 0 Å². The summed E-state index contributed by atoms with van der Waals surface area (Å²) in [5, 5.41) is 2.81. The number of benzene rings is 1. The number of hydrogen-bond acceptors (Lipinski definition) is 3. The van der Waals surface area contributed by atoms with Gasteiger partial charge in [-0.25, -0.2) is 9.18 Å². The van der Waals surface area contributed by atoms with Crippen molar-refractivity contribution >= 4 is 17.7 Å². The number of carbonyl (C=O) groups excluding carboxylic acids is 2. The number of halogens is 1. The van der Waals surface area contributed by atoms with E-state index in [1.54, 1.807) is 17.0 Å². The average molecular weight is 348 g/mol. The Morgan fingerprint density at radius 2 is 2.00 bits per heavy atom. The molecule has 3 atom stereocenters. The molecular weight excluding hydrogens is 323 g/mol. The van der Waals surface area contributed by atoms with E-state index < -0.39 is 5.60 Å². The number of ether oxygens (including phenoxy) is 1. The molecular formula is C19H25FN2O3. The van der Waals surface area contributed by atoms with E-state index in [0.717, 1.165) is 12.8 Å². The predicted molar refractivity (Wildman–Crippen MR) is 92.5 cm³/mol. The highest BCUT2D eigenvalue weighted by Gasteiger charge is 2.47. The summed E-state index contributed by atoms with van der Waals surface area (Å²) in [6.45, 7) is 6.72. The first kappa shape index (κ1) is 17.7. The monoisotopic (exact) mass is 348 g/mol. The summed E-state index contributed by atoms with van der Waals surface area (Å²) in [6.07, 6.45) is 1.41. The molecule has 3 rings (SSSR count). The van der Waals surface area contributed by atoms with Gasteiger partial charge in [-0.15, -0.1) is 0 Å². The highest BCUT2D eigenvalue weighted by molar-refractivity contribution is 5.93. The van der Waals surface area contributed by atoms with E-state index in [4.69, 9.17) is 4.74 Å². The predicted octanol–water partition coefficient (Wildman–Crippen LogP) is 3.66. The topological polar surface area (TPSA) is 58.6 Å². The summed E-state index contributed by atoms with van der Waals surface area (Å²) in [4.78, 5) is 26.6. The minimum Gasteiger partial charge on any atom is -0.444 e. The summed E-state index contributed by atoms with van der Waals surface area (Å²) in [7, 11) is 0. The number of nitrogens with one attached hydrogen (secondary N) is 1. The van der Waals surface area contributed by atoms with Crippen LogP contribution in [0.1, 0.15) is 33.6 Å². The molecule has 1 N–H and O–H groups in total. The zero-order chi connectivity index (χ0) is 18.2. The van der Waals surface area contributed by atoms with Gasteiger partial charge in [0.25, 0.3) is 0 Å². The van der Waals surface area contributed by atoms with Crippen molar-refractivity contribution in [2.24, 2.45) is 17.8 Å². The molecule has 1 heterocycles. The van der Waals surface area contributed by atoms with Gasteiger partial charge >= 0.3 is 6.09 Å². The zero-order valence-electron chi connectivity index (χ0n) is 14.9. The maximum atomic E-state index is 13.3. The van der Waals surface area contributed by atoms with E-state index in [1.807, 2.05) is 20.8 Å². The summed E-state index contributed by atoms with van der Waals surface area (Å²) >= 11 is 0. The molecule has 6 heteroatoms. The molecule has 0 unspecified atom stereocenters. The Morgan fingerprint density at radius 1 is 1.24 bits per heavy atom. The fourth-order valence-electron chi connectivity index (χ4n) is 3.87. The van der Waals surface area contributed by atoms with Gasteiger partial charge in [0.2, 0.25) is 5.91 Å². The average Bonchev–Trinajstić information content (AvgIpc) is 3.05. The van der Waals surface area contributed by atoms with Gasteiger partial charge in [0.05, 0.1) is 0 Å². The normalized spacial score (nSPS) is 25.6. The zero-order valence-corrected chi connectivity index (χ0v) is 14.9. The Bertz CT molecular complexity index is 671. The molecule has 1 aliphatic carbocycles. The number of fused-ring (bicyclic) bond motifs is 1. The van der Waals surface area contributed by atoms with Gasteiger partial charge in [-0.2, -0.15) is 0 Å². The Labute approximate surface area is 147 Å². The number of likely N-dealkylation sites (tertiary alicyclic amines) is 1. The van der Waals surface area contributed by atoms with E-state index in [-0.39, 0.29) is 29.7 Å². The summed E-state index contributed by atoms with van der Waals surface area (Å²) in [5.74, 6) is -0.152. The van der Waals surface area contributed by atoms with E-state index in [1.165, 1.54) is 12.1 Å². The van der Waals surface area contributed by atoms with Gasteiger partial charge in [-0.05, 0) is 63.6 Å². The molecule has 0 aromatic heterocycles. The molecule has 1 saturated carbocycles. The minimum atomic E-state index is -0.525. The smallest absolute Gasteiger partial charge is 0.410 e. The van der Waals surface area contributed by atoms with E-state index in [9.17, 15) is 14.0 Å². The van der Waals surface area contributed by atoms with Gasteiger partial charge in [0.1, 0.15) is 11.4 Å². The fraction of sp³-hybridized carbons (Fsp3) is 0.579. The van der Waals surface area contributed by atoms with E-state index in [0.29, 0.717) is 24.7 Å². The fourth-order valence-corrected chi connectivity index (χ4v) is 3.87. The maximum Gasteiger partial charge on any atom is 0.410 e. The van der Waals surface area contributed by atoms with Crippen molar-refractivity contribution in [1.29, 1.82) is 0 Å². The minimum absolute atomic E-state index is 0.0934. The van der Waals surface area contributed by atoms with Crippen molar-refractivity contribution in [2.75, 3.05) is 18.4 Å². The quantitative estimate of drug-likeness (QED) is 0.887. The first-order valence-corrected chi connectivity index (χ1v) is 8.77. The molecule has 2 amide bonds. The molecule has 0 spiro atoms. The third-order valence-electron chi connectivity index (χ3n) is 4.94. The second-order valence-corrected chi connectivity index (χ2v) is 7.99. The van der Waals surface area contributed by atoms with Crippen LogP contribution in [0.25, 0.3) is 0 Å². The maximum absolute atomic E-state index is 13.3. The lowest BCUT2D eigenvalue weighted by Crippen LogP contribution is -2.37. The SMILES string of the molecule is CC(C)(C)OC(=O)N1C[C@H]2CC[C@H](C(=O)Nc3cccc(F)c3)[C@H]2C1. The summed E-state index contributed by atoms with van der Waals surface area (Å²) < 4.78 is 18.7. The van der Waals surface area contributed by atoms with Crippen molar-refractivity contribution < 1.29 is 18.7 Å². The van der Waals surface area contributed by atoms with Crippen LogP contribution in [0.15, 0.2) is 24.3 Å². The number of carbonyl (C=O) groups is 2. The van der Waals surface area contributed by atoms with Crippen LogP contribution in [0.3, 0.4) is 0 Å². The van der Waals surface area contributed by atoms with Gasteiger partial charge in [0.15, 0.2) is 0 Å². The number of anilines is 1. The highest BCUT2D eigenvalue weighted by atomic mass is 19.1. The van der Waals surface area contributed by atoms with Gasteiger partial charge in [-0.3, -0.25) is 4.79 Å². The lowest BCUT2D eigenvalue weighted by Gasteiger charge is -2.25. The van der Waals surface area contributed by atoms with E-state index >= 15 is 0 Å². The number of rotatable bonds is 2. The molecule has 1 aromatic carbocycles. The lowest BCUT2D eigenvalue weighted by molar-refractivity contribution is -0.121. The molecule has 25 heavy (non-hydrogen) atoms. The molecule has 2 aliphatic rings. The molecule has 0 radical (unpaired) electrons. The third-order valence-corrected chi connectivity index (χ3v) is 4.94. The van der Waals surface area contributed by atoms with Crippen LogP contribution in [0, 0.1) is 23.6 Å². The van der Waals surface area contributed by atoms with Crippen LogP contribution in [0.4, 0.5) is 14.9 Å². The van der Waals surface area contributed by atoms with Crippen LogP contribution < -0.4 is 5.32 Å². The Kier molecular flexibility index (Phi) is 4.71. The van der Waals surface area contributed by atoms with Crippen LogP contribution in [0.5, 0.6) is 0 Å². The Hall–Kier alpha value is -2.11. The summed E-state index contributed by atoms with van der Waals surface area (Å²) in [6, 6.07) is 5.90. The van der Waals surface area contributed by atoms with Crippen molar-refractivity contribution in [3.8, 4) is 0 Å². The number of hydrogen-bond donors (Lipinski definition) is 1. The van der Waals surface area contributed by atoms with E-state index in [2.05, 4.69) is 5.32 Å². The van der Waals surface area contributed by atoms with Crippen LogP contribution >= 0.6 is 0 Å². The molecule has 136 valence electrons. The van der Waals surface area contributed by atoms with Crippen molar-refractivity contribution in [2.45, 2.75) is 39.2 Å². The van der Waals surface area contributed by atoms with Crippen LogP contribution in [-0.2, 0) is 9.53 Å². The third kappa shape index (κ3) is 4.11. The second-order valence-electron chi connectivity index (χ2n) is 7.99. The standard InChI is InChI=1S/C19H25FN2O3/c1-19(2,3)25-18(24)22-10-12-7-8-15(16(12)11-22)17(23)21-14-6-4-5-13(20)9-14/h4-6,9,12,15-16H,7-8,10-11H2,1-3H3,(H,21,23)/t12-,15+,16+/m1/s1. The highest BCUT2D eigenvalue weighted by Crippen LogP contribution is 2.43. The van der Waals surface area contributed by atoms with Crippen LogP contribution in [-0.4, -0.2) is 35.6 Å². The van der Waals surface area contributed by atoms with Gasteiger partial charge in [0, 0.05) is 24.7 Å². The molecule has 5 nitrogen and oxygen atoms in total. The van der Waals surface area contributed by atoms with Gasteiger partial charge in [-0.1, -0.05) is 6.07 Å².